The van der Waals surface area contributed by atoms with E-state index >= 15 is 0 Å². The minimum absolute atomic E-state index is 0.0871. The normalized spacial score (nSPS) is 10.6. The third-order valence-electron chi connectivity index (χ3n) is 3.86. The van der Waals surface area contributed by atoms with Crippen LogP contribution in [0.4, 0.5) is 20.2 Å². The predicted octanol–water partition coefficient (Wildman–Crippen LogP) is 3.27. The third-order valence-corrected chi connectivity index (χ3v) is 3.86. The van der Waals surface area contributed by atoms with Gasteiger partial charge in [-0.15, -0.1) is 0 Å². The second kappa shape index (κ2) is 11.1. The first-order valence-corrected chi connectivity index (χ1v) is 9.45. The van der Waals surface area contributed by atoms with Gasteiger partial charge in [-0.1, -0.05) is 0 Å². The fourth-order valence-corrected chi connectivity index (χ4v) is 2.66. The molecule has 2 aromatic carbocycles. The van der Waals surface area contributed by atoms with E-state index in [1.165, 1.54) is 4.90 Å². The molecule has 0 radical (unpaired) electrons. The maximum Gasteiger partial charge on any atom is 0.238 e. The molecule has 2 rings (SSSR count). The number of hydrogen-bond acceptors (Lipinski definition) is 5. The van der Waals surface area contributed by atoms with Crippen molar-refractivity contribution >= 4 is 23.2 Å². The second-order valence-electron chi connectivity index (χ2n) is 6.42. The number of carbonyl (C=O) groups is 2. The first-order chi connectivity index (χ1) is 14.3. The summed E-state index contributed by atoms with van der Waals surface area (Å²) in [4.78, 5) is 25.8. The number of halogens is 2. The van der Waals surface area contributed by atoms with Crippen molar-refractivity contribution in [1.82, 2.24) is 4.90 Å². The van der Waals surface area contributed by atoms with Gasteiger partial charge in [0.15, 0.2) is 11.5 Å². The van der Waals surface area contributed by atoms with Crippen molar-refractivity contribution in [3.05, 3.63) is 48.0 Å². The Morgan fingerprint density at radius 1 is 0.900 bits per heavy atom. The molecule has 2 aromatic rings. The van der Waals surface area contributed by atoms with Crippen LogP contribution in [0, 0.1) is 11.6 Å². The third kappa shape index (κ3) is 7.00. The molecule has 0 spiro atoms. The largest absolute Gasteiger partial charge is 0.490 e. The molecular formula is C21H25F2N3O4. The number of hydrogen-bond donors (Lipinski definition) is 2. The van der Waals surface area contributed by atoms with E-state index in [0.29, 0.717) is 30.4 Å². The minimum atomic E-state index is -0.745. The molecule has 0 aromatic heterocycles. The van der Waals surface area contributed by atoms with Crippen LogP contribution < -0.4 is 20.1 Å². The van der Waals surface area contributed by atoms with Crippen LogP contribution in [-0.2, 0) is 9.59 Å². The summed E-state index contributed by atoms with van der Waals surface area (Å²) in [6.45, 7) is 4.36. The molecule has 2 amide bonds. The average Bonchev–Trinajstić information content (AvgIpc) is 2.66. The Hall–Kier alpha value is -3.20. The Labute approximate surface area is 174 Å². The molecular weight excluding hydrogens is 396 g/mol. The summed E-state index contributed by atoms with van der Waals surface area (Å²) < 4.78 is 37.8. The standard InChI is InChI=1S/C21H25F2N3O4/c1-4-29-18-9-7-15(11-19(18)30-5-2)24-20(27)12-26(3)13-21(28)25-17-10-14(22)6-8-16(17)23/h6-11H,4-5,12-13H2,1-3H3,(H,24,27)(H,25,28). The monoisotopic (exact) mass is 421 g/mol. The number of rotatable bonds is 10. The van der Waals surface area contributed by atoms with Crippen LogP contribution in [0.15, 0.2) is 36.4 Å². The highest BCUT2D eigenvalue weighted by Gasteiger charge is 2.14. The zero-order chi connectivity index (χ0) is 22.1. The lowest BCUT2D eigenvalue weighted by atomic mass is 10.2. The topological polar surface area (TPSA) is 79.9 Å². The Balaban J connectivity index is 1.90. The molecule has 0 bridgehead atoms. The number of carbonyl (C=O) groups excluding carboxylic acids is 2. The van der Waals surface area contributed by atoms with Crippen molar-refractivity contribution in [2.24, 2.45) is 0 Å². The van der Waals surface area contributed by atoms with Gasteiger partial charge in [0, 0.05) is 17.8 Å². The van der Waals surface area contributed by atoms with Gasteiger partial charge >= 0.3 is 0 Å². The number of anilines is 2. The van der Waals surface area contributed by atoms with Gasteiger partial charge in [0.25, 0.3) is 0 Å². The number of ether oxygens (including phenoxy) is 2. The van der Waals surface area contributed by atoms with Gasteiger partial charge in [0.05, 0.1) is 32.0 Å². The van der Waals surface area contributed by atoms with E-state index < -0.39 is 17.5 Å². The van der Waals surface area contributed by atoms with Crippen LogP contribution in [0.25, 0.3) is 0 Å². The minimum Gasteiger partial charge on any atom is -0.490 e. The van der Waals surface area contributed by atoms with E-state index in [1.807, 2.05) is 13.8 Å². The van der Waals surface area contributed by atoms with Crippen LogP contribution >= 0.6 is 0 Å². The summed E-state index contributed by atoms with van der Waals surface area (Å²) in [6, 6.07) is 7.82. The van der Waals surface area contributed by atoms with Gasteiger partial charge < -0.3 is 20.1 Å². The smallest absolute Gasteiger partial charge is 0.238 e. The highest BCUT2D eigenvalue weighted by Crippen LogP contribution is 2.30. The van der Waals surface area contributed by atoms with E-state index in [9.17, 15) is 18.4 Å². The van der Waals surface area contributed by atoms with Crippen LogP contribution in [-0.4, -0.2) is 50.1 Å². The molecule has 0 atom stereocenters. The quantitative estimate of drug-likeness (QED) is 0.616. The van der Waals surface area contributed by atoms with Gasteiger partial charge in [-0.05, 0) is 45.2 Å². The van der Waals surface area contributed by atoms with Crippen molar-refractivity contribution in [2.45, 2.75) is 13.8 Å². The second-order valence-corrected chi connectivity index (χ2v) is 6.42. The Bertz CT molecular complexity index is 893. The van der Waals surface area contributed by atoms with Gasteiger partial charge in [0.2, 0.25) is 11.8 Å². The first-order valence-electron chi connectivity index (χ1n) is 9.45. The lowest BCUT2D eigenvalue weighted by Crippen LogP contribution is -2.36. The molecule has 9 heteroatoms. The van der Waals surface area contributed by atoms with Crippen molar-refractivity contribution < 1.29 is 27.8 Å². The molecule has 7 nitrogen and oxygen atoms in total. The lowest BCUT2D eigenvalue weighted by molar-refractivity contribution is -0.119. The average molecular weight is 421 g/mol. The van der Waals surface area contributed by atoms with E-state index in [0.717, 1.165) is 18.2 Å². The van der Waals surface area contributed by atoms with Crippen molar-refractivity contribution in [3.8, 4) is 11.5 Å². The summed E-state index contributed by atoms with van der Waals surface area (Å²) in [5.41, 5.74) is 0.266. The fraction of sp³-hybridized carbons (Fsp3) is 0.333. The summed E-state index contributed by atoms with van der Waals surface area (Å²) in [6.07, 6.45) is 0. The van der Waals surface area contributed by atoms with E-state index in [4.69, 9.17) is 9.47 Å². The van der Waals surface area contributed by atoms with Crippen LogP contribution in [0.3, 0.4) is 0 Å². The van der Waals surface area contributed by atoms with Crippen molar-refractivity contribution in [1.29, 1.82) is 0 Å². The molecule has 0 aliphatic heterocycles. The summed E-state index contributed by atoms with van der Waals surface area (Å²) in [5.74, 6) is -1.24. The summed E-state index contributed by atoms with van der Waals surface area (Å²) in [7, 11) is 1.56. The summed E-state index contributed by atoms with van der Waals surface area (Å²) >= 11 is 0. The molecule has 0 unspecified atom stereocenters. The highest BCUT2D eigenvalue weighted by molar-refractivity contribution is 5.94. The Morgan fingerprint density at radius 2 is 1.53 bits per heavy atom. The van der Waals surface area contributed by atoms with Crippen molar-refractivity contribution in [3.63, 3.8) is 0 Å². The lowest BCUT2D eigenvalue weighted by Gasteiger charge is -2.17. The molecule has 0 saturated carbocycles. The molecule has 162 valence electrons. The number of nitrogens with zero attached hydrogens (tertiary/aromatic N) is 1. The molecule has 30 heavy (non-hydrogen) atoms. The Kier molecular flexibility index (Phi) is 8.54. The molecule has 0 saturated heterocycles. The van der Waals surface area contributed by atoms with E-state index in [2.05, 4.69) is 10.6 Å². The zero-order valence-electron chi connectivity index (χ0n) is 17.1. The van der Waals surface area contributed by atoms with Gasteiger partial charge in [0.1, 0.15) is 11.6 Å². The van der Waals surface area contributed by atoms with Crippen LogP contribution in [0.5, 0.6) is 11.5 Å². The number of likely N-dealkylation sites (N-methyl/N-ethyl adjacent to an activating group) is 1. The molecule has 2 N–H and O–H groups in total. The SMILES string of the molecule is CCOc1ccc(NC(=O)CN(C)CC(=O)Nc2cc(F)ccc2F)cc1OCC. The number of nitrogens with one attached hydrogen (secondary N) is 2. The maximum atomic E-state index is 13.6. The molecule has 0 aliphatic rings. The van der Waals surface area contributed by atoms with Gasteiger partial charge in [-0.25, -0.2) is 8.78 Å². The molecule has 0 heterocycles. The molecule has 0 fully saturated rings. The van der Waals surface area contributed by atoms with Crippen LogP contribution in [0.1, 0.15) is 13.8 Å². The highest BCUT2D eigenvalue weighted by atomic mass is 19.1. The first kappa shape index (κ1) is 23.1. The molecule has 0 aliphatic carbocycles. The fourth-order valence-electron chi connectivity index (χ4n) is 2.66. The summed E-state index contributed by atoms with van der Waals surface area (Å²) in [5, 5.41) is 5.01. The number of amides is 2. The van der Waals surface area contributed by atoms with Crippen LogP contribution in [0.2, 0.25) is 0 Å². The van der Waals surface area contributed by atoms with Gasteiger partial charge in [-0.3, -0.25) is 14.5 Å². The van der Waals surface area contributed by atoms with E-state index in [1.54, 1.807) is 25.2 Å². The maximum absolute atomic E-state index is 13.6. The number of benzene rings is 2. The van der Waals surface area contributed by atoms with Gasteiger partial charge in [-0.2, -0.15) is 0 Å². The zero-order valence-corrected chi connectivity index (χ0v) is 17.1. The van der Waals surface area contributed by atoms with E-state index in [-0.39, 0.29) is 24.7 Å². The van der Waals surface area contributed by atoms with Crippen molar-refractivity contribution in [2.75, 3.05) is 44.0 Å². The predicted molar refractivity (Wildman–Crippen MR) is 110 cm³/mol. The Morgan fingerprint density at radius 3 is 2.20 bits per heavy atom.